The van der Waals surface area contributed by atoms with Crippen molar-refractivity contribution in [3.63, 3.8) is 0 Å². The monoisotopic (exact) mass is 694 g/mol. The predicted octanol–water partition coefficient (Wildman–Crippen LogP) is 14.7. The van der Waals surface area contributed by atoms with Gasteiger partial charge in [0.05, 0.1) is 0 Å². The second kappa shape index (κ2) is 6.86. The van der Waals surface area contributed by atoms with Crippen LogP contribution in [0.3, 0.4) is 0 Å². The average molecular weight is 695 g/mol. The molecule has 20 rings (SSSR count). The van der Waals surface area contributed by atoms with Crippen molar-refractivity contribution in [3.05, 3.63) is 129 Å². The smallest absolute Gasteiger partial charge is 0.000000586 e. The van der Waals surface area contributed by atoms with Crippen molar-refractivity contribution >= 4 is 162 Å². The first kappa shape index (κ1) is 24.6. The third-order valence-electron chi connectivity index (χ3n) is 17.1. The van der Waals surface area contributed by atoms with Crippen molar-refractivity contribution < 1.29 is 0 Å². The Bertz CT molecular complexity index is 4460. The fraction of sp³-hybridized carbons (Fsp3) is 0.0714. The van der Waals surface area contributed by atoms with Gasteiger partial charge in [0, 0.05) is 0 Å². The highest BCUT2D eigenvalue weighted by Gasteiger charge is 2.41. The Balaban J connectivity index is 1.22. The van der Waals surface area contributed by atoms with Gasteiger partial charge in [-0.3, -0.25) is 0 Å². The second-order valence-corrected chi connectivity index (χ2v) is 18.6. The summed E-state index contributed by atoms with van der Waals surface area (Å²) < 4.78 is 0. The molecule has 0 amide bonds. The minimum atomic E-state index is 1.02. The van der Waals surface area contributed by atoms with Crippen molar-refractivity contribution in [2.24, 2.45) is 0 Å². The molecule has 18 aromatic rings. The largest absolute Gasteiger partial charge is 0.0620 e. The second-order valence-electron chi connectivity index (χ2n) is 18.6. The Morgan fingerprint density at radius 3 is 0.661 bits per heavy atom. The van der Waals surface area contributed by atoms with E-state index >= 15 is 0 Å². The summed E-state index contributed by atoms with van der Waals surface area (Å²) in [4.78, 5) is 0. The Labute approximate surface area is 315 Å². The van der Waals surface area contributed by atoms with E-state index in [1.165, 1.54) is 54.6 Å². The van der Waals surface area contributed by atoms with E-state index in [0.29, 0.717) is 0 Å². The van der Waals surface area contributed by atoms with Crippen LogP contribution in [0.2, 0.25) is 0 Å². The van der Waals surface area contributed by atoms with Crippen LogP contribution in [0.15, 0.2) is 84.9 Å². The third kappa shape index (κ3) is 1.91. The van der Waals surface area contributed by atoms with Gasteiger partial charge in [-0.1, -0.05) is 84.9 Å². The molecule has 0 heteroatoms. The highest BCUT2D eigenvalue weighted by molar-refractivity contribution is 6.71. The molecule has 0 heterocycles. The molecule has 0 unspecified atom stereocenters. The Morgan fingerprint density at radius 1 is 0.179 bits per heavy atom. The van der Waals surface area contributed by atoms with E-state index in [1.54, 1.807) is 152 Å². The van der Waals surface area contributed by atoms with E-state index in [1.807, 2.05) is 0 Å². The zero-order chi connectivity index (χ0) is 34.7. The van der Waals surface area contributed by atoms with Crippen molar-refractivity contribution in [3.8, 4) is 0 Å². The van der Waals surface area contributed by atoms with Gasteiger partial charge in [0.1, 0.15) is 0 Å². The molecular weight excluding hydrogens is 673 g/mol. The summed E-state index contributed by atoms with van der Waals surface area (Å²) in [5.41, 5.74) is 12.4. The quantitative estimate of drug-likeness (QED) is 0.139. The van der Waals surface area contributed by atoms with E-state index in [-0.39, 0.29) is 0 Å². The van der Waals surface area contributed by atoms with Crippen molar-refractivity contribution in [1.82, 2.24) is 0 Å². The van der Waals surface area contributed by atoms with Crippen LogP contribution in [0.1, 0.15) is 44.5 Å². The van der Waals surface area contributed by atoms with Gasteiger partial charge in [0.25, 0.3) is 0 Å². The number of rotatable bonds is 0. The first-order valence-electron chi connectivity index (χ1n) is 20.7. The highest BCUT2D eigenvalue weighted by Crippen LogP contribution is 2.69. The molecule has 0 nitrogen and oxygen atoms in total. The zero-order valence-corrected chi connectivity index (χ0v) is 29.9. The number of fused-ring (bicyclic) bond motifs is 13. The normalized spacial score (nSPS) is 15.9. The van der Waals surface area contributed by atoms with Gasteiger partial charge in [-0.25, -0.2) is 0 Å². The Kier molecular flexibility index (Phi) is 3.02. The highest BCUT2D eigenvalue weighted by atomic mass is 14.4. The molecule has 0 N–H and O–H groups in total. The summed E-state index contributed by atoms with van der Waals surface area (Å²) in [5.74, 6) is 0. The number of hydrogen-bond donors (Lipinski definition) is 0. The van der Waals surface area contributed by atoms with Gasteiger partial charge < -0.3 is 0 Å². The van der Waals surface area contributed by atoms with E-state index in [9.17, 15) is 0 Å². The summed E-state index contributed by atoms with van der Waals surface area (Å²) in [7, 11) is 0. The maximum atomic E-state index is 2.59. The molecule has 2 aliphatic rings. The van der Waals surface area contributed by atoms with Crippen LogP contribution in [0.5, 0.6) is 0 Å². The molecule has 0 atom stereocenters. The van der Waals surface area contributed by atoms with Gasteiger partial charge in [-0.2, -0.15) is 0 Å². The molecule has 0 aliphatic heterocycles. The van der Waals surface area contributed by atoms with Gasteiger partial charge in [-0.15, -0.1) is 0 Å². The molecule has 18 aromatic carbocycles. The molecule has 246 valence electrons. The molecule has 0 bridgehead atoms. The third-order valence-corrected chi connectivity index (χ3v) is 17.1. The molecule has 0 radical (unpaired) electrons. The van der Waals surface area contributed by atoms with Crippen LogP contribution in [-0.2, 0) is 25.7 Å². The van der Waals surface area contributed by atoms with Crippen LogP contribution >= 0.6 is 0 Å². The van der Waals surface area contributed by atoms with Crippen molar-refractivity contribution in [2.45, 2.75) is 25.7 Å². The van der Waals surface area contributed by atoms with Gasteiger partial charge >= 0.3 is 0 Å². The summed E-state index contributed by atoms with van der Waals surface area (Å²) in [6, 6.07) is 34.0. The number of hydrogen-bond acceptors (Lipinski definition) is 0. The van der Waals surface area contributed by atoms with Gasteiger partial charge in [0.2, 0.25) is 0 Å². The summed E-state index contributed by atoms with van der Waals surface area (Å²) in [6.45, 7) is 0. The minimum absolute atomic E-state index is 1.02. The number of benzene rings is 12. The van der Waals surface area contributed by atoms with Crippen molar-refractivity contribution in [2.75, 3.05) is 0 Å². The summed E-state index contributed by atoms with van der Waals surface area (Å²) >= 11 is 0. The van der Waals surface area contributed by atoms with E-state index in [2.05, 4.69) is 84.9 Å². The first-order valence-corrected chi connectivity index (χ1v) is 20.7. The maximum Gasteiger partial charge on any atom is -0.000000586 e. The van der Waals surface area contributed by atoms with E-state index in [0.717, 1.165) is 25.7 Å². The minimum Gasteiger partial charge on any atom is -0.0620 e. The Morgan fingerprint density at radius 2 is 0.375 bits per heavy atom. The molecule has 56 heavy (non-hydrogen) atoms. The van der Waals surface area contributed by atoms with E-state index in [4.69, 9.17) is 0 Å². The molecular formula is C56H22. The molecule has 0 saturated heterocycles. The standard InChI is InChI=1S/C56H22/c1-3-7-21-17-31-29(15-19(21)5-1)33-25-11-9-23-24-10-12-26-34-30-16-20-6-2-4-8-22(20)18-32(30)36-28-14-13-27-35(31)45-43(33)48-39(25)37(23)47-38(24)40(26)49-44(34)46(36)51-42(28)41(27)50(45)55-53(48)52(47)54(49)56(51)55/h1-14H,15-18H2. The summed E-state index contributed by atoms with van der Waals surface area (Å²) in [5, 5.41) is 46.8. The lowest BCUT2D eigenvalue weighted by Gasteiger charge is -2.23. The molecule has 0 saturated carbocycles. The Hall–Kier alpha value is -6.76. The van der Waals surface area contributed by atoms with Gasteiger partial charge in [0.15, 0.2) is 0 Å². The van der Waals surface area contributed by atoms with Crippen LogP contribution in [0, 0.1) is 0 Å². The lowest BCUT2D eigenvalue weighted by Crippen LogP contribution is -2.08. The predicted molar refractivity (Wildman–Crippen MR) is 239 cm³/mol. The van der Waals surface area contributed by atoms with Gasteiger partial charge in [-0.05, 0) is 232 Å². The molecule has 0 fully saturated rings. The fourth-order valence-corrected chi connectivity index (χ4v) is 15.6. The fourth-order valence-electron chi connectivity index (χ4n) is 15.6. The molecule has 0 aromatic heterocycles. The molecule has 2 aliphatic carbocycles. The van der Waals surface area contributed by atoms with Crippen LogP contribution in [0.4, 0.5) is 0 Å². The van der Waals surface area contributed by atoms with Crippen LogP contribution in [0.25, 0.3) is 162 Å². The lowest BCUT2D eigenvalue weighted by molar-refractivity contribution is 1.03. The first-order chi connectivity index (χ1) is 27.8. The molecule has 0 spiro atoms. The SMILES string of the molecule is c1ccc2c(c1)Cc1c(c3c4ccc5c6c7c(c8c9ccc%10c%11ccc%12c1c1c3c3c4c5c4c6c8c5c9c%10c6c%11c%12c1c1c6c5c4c31)Cc1ccccc1C7)C2. The lowest BCUT2D eigenvalue weighted by atomic mass is 9.80. The average Bonchev–Trinajstić information content (AvgIpc) is 4.06. The maximum absolute atomic E-state index is 2.59. The van der Waals surface area contributed by atoms with Crippen LogP contribution < -0.4 is 0 Å². The summed E-state index contributed by atoms with van der Waals surface area (Å²) in [6.07, 6.45) is 4.06. The zero-order valence-electron chi connectivity index (χ0n) is 29.9. The van der Waals surface area contributed by atoms with E-state index < -0.39 is 0 Å². The van der Waals surface area contributed by atoms with Crippen LogP contribution in [-0.4, -0.2) is 0 Å². The van der Waals surface area contributed by atoms with Crippen molar-refractivity contribution in [1.29, 1.82) is 0 Å². The topological polar surface area (TPSA) is 0 Å².